The van der Waals surface area contributed by atoms with Crippen molar-refractivity contribution in [1.29, 1.82) is 0 Å². The average Bonchev–Trinajstić information content (AvgIpc) is 2.97. The fourth-order valence-corrected chi connectivity index (χ4v) is 3.45. The summed E-state index contributed by atoms with van der Waals surface area (Å²) in [6, 6.07) is 3.78. The molecule has 1 aliphatic heterocycles. The van der Waals surface area contributed by atoms with Gasteiger partial charge in [-0.3, -0.25) is 4.98 Å². The van der Waals surface area contributed by atoms with Crippen LogP contribution in [0.1, 0.15) is 12.1 Å². The second-order valence-electron chi connectivity index (χ2n) is 6.78. The highest BCUT2D eigenvalue weighted by Crippen LogP contribution is 2.32. The Hall–Kier alpha value is -2.39. The SMILES string of the molecule is NC1CN(c2nc3cc(F)cc(F)c3n2Cc2ccc(Cl)cn2)CCC1(F)F. The first kappa shape index (κ1) is 18.9. The molecular formula is C18H16ClF4N5. The Morgan fingerprint density at radius 1 is 1.25 bits per heavy atom. The van der Waals surface area contributed by atoms with Gasteiger partial charge in [0.2, 0.25) is 5.95 Å². The third-order valence-electron chi connectivity index (χ3n) is 4.81. The van der Waals surface area contributed by atoms with Gasteiger partial charge in [0.1, 0.15) is 11.3 Å². The molecule has 148 valence electrons. The molecule has 0 bridgehead atoms. The lowest BCUT2D eigenvalue weighted by Crippen LogP contribution is -2.55. The fraction of sp³-hybridized carbons (Fsp3) is 0.333. The van der Waals surface area contributed by atoms with Crippen molar-refractivity contribution in [2.75, 3.05) is 18.0 Å². The molecule has 1 fully saturated rings. The van der Waals surface area contributed by atoms with E-state index in [0.29, 0.717) is 10.7 Å². The Labute approximate surface area is 162 Å². The second kappa shape index (κ2) is 6.89. The van der Waals surface area contributed by atoms with Crippen molar-refractivity contribution >= 4 is 28.6 Å². The first-order chi connectivity index (χ1) is 13.2. The minimum Gasteiger partial charge on any atom is -0.340 e. The number of pyridine rings is 1. The number of hydrogen-bond donors (Lipinski definition) is 1. The van der Waals surface area contributed by atoms with Crippen LogP contribution in [-0.4, -0.2) is 39.6 Å². The number of anilines is 1. The maximum atomic E-state index is 14.5. The van der Waals surface area contributed by atoms with Crippen LogP contribution in [0.3, 0.4) is 0 Å². The highest BCUT2D eigenvalue weighted by molar-refractivity contribution is 6.30. The predicted molar refractivity (Wildman–Crippen MR) is 97.8 cm³/mol. The molecule has 3 heterocycles. The van der Waals surface area contributed by atoms with E-state index >= 15 is 0 Å². The number of rotatable bonds is 3. The van der Waals surface area contributed by atoms with Crippen molar-refractivity contribution in [3.63, 3.8) is 0 Å². The lowest BCUT2D eigenvalue weighted by atomic mass is 10.0. The quantitative estimate of drug-likeness (QED) is 0.667. The van der Waals surface area contributed by atoms with Crippen LogP contribution < -0.4 is 10.6 Å². The zero-order valence-electron chi connectivity index (χ0n) is 14.5. The number of alkyl halides is 2. The van der Waals surface area contributed by atoms with Gasteiger partial charge in [0, 0.05) is 37.8 Å². The van der Waals surface area contributed by atoms with Gasteiger partial charge in [-0.2, -0.15) is 0 Å². The molecule has 0 saturated carbocycles. The van der Waals surface area contributed by atoms with E-state index in [2.05, 4.69) is 9.97 Å². The summed E-state index contributed by atoms with van der Waals surface area (Å²) in [6.45, 7) is -0.0652. The number of hydrogen-bond acceptors (Lipinski definition) is 4. The van der Waals surface area contributed by atoms with Crippen LogP contribution in [0.5, 0.6) is 0 Å². The van der Waals surface area contributed by atoms with Crippen molar-refractivity contribution < 1.29 is 17.6 Å². The van der Waals surface area contributed by atoms with Crippen molar-refractivity contribution in [3.8, 4) is 0 Å². The minimum absolute atomic E-state index is 0.0117. The molecule has 0 aliphatic carbocycles. The first-order valence-corrected chi connectivity index (χ1v) is 8.96. The van der Waals surface area contributed by atoms with Gasteiger partial charge < -0.3 is 15.2 Å². The van der Waals surface area contributed by atoms with E-state index in [-0.39, 0.29) is 36.6 Å². The normalized spacial score (nSPS) is 19.4. The van der Waals surface area contributed by atoms with Crippen molar-refractivity contribution in [3.05, 3.63) is 52.8 Å². The van der Waals surface area contributed by atoms with Crippen LogP contribution in [0.2, 0.25) is 5.02 Å². The highest BCUT2D eigenvalue weighted by Gasteiger charge is 2.43. The van der Waals surface area contributed by atoms with E-state index in [0.717, 1.165) is 12.1 Å². The van der Waals surface area contributed by atoms with E-state index in [9.17, 15) is 17.6 Å². The van der Waals surface area contributed by atoms with E-state index < -0.39 is 30.0 Å². The number of nitrogens with two attached hydrogens (primary N) is 1. The smallest absolute Gasteiger partial charge is 0.266 e. The van der Waals surface area contributed by atoms with E-state index in [1.54, 1.807) is 17.0 Å². The maximum absolute atomic E-state index is 14.5. The molecule has 28 heavy (non-hydrogen) atoms. The Kier molecular flexibility index (Phi) is 4.67. The summed E-state index contributed by atoms with van der Waals surface area (Å²) in [5.41, 5.74) is 6.33. The van der Waals surface area contributed by atoms with E-state index in [4.69, 9.17) is 17.3 Å². The van der Waals surface area contributed by atoms with E-state index in [1.165, 1.54) is 10.8 Å². The zero-order valence-corrected chi connectivity index (χ0v) is 15.3. The average molecular weight is 414 g/mol. The summed E-state index contributed by atoms with van der Waals surface area (Å²) in [4.78, 5) is 10.1. The second-order valence-corrected chi connectivity index (χ2v) is 7.22. The Balaban J connectivity index is 1.81. The molecule has 10 heteroatoms. The summed E-state index contributed by atoms with van der Waals surface area (Å²) < 4.78 is 57.3. The van der Waals surface area contributed by atoms with Crippen LogP contribution in [0.4, 0.5) is 23.5 Å². The molecule has 0 spiro atoms. The molecule has 1 aromatic carbocycles. The van der Waals surface area contributed by atoms with Gasteiger partial charge >= 0.3 is 0 Å². The van der Waals surface area contributed by atoms with Gasteiger partial charge in [-0.15, -0.1) is 0 Å². The van der Waals surface area contributed by atoms with Crippen LogP contribution in [0, 0.1) is 11.6 Å². The molecule has 4 rings (SSSR count). The zero-order chi connectivity index (χ0) is 20.1. The fourth-order valence-electron chi connectivity index (χ4n) is 3.34. The topological polar surface area (TPSA) is 60.0 Å². The Bertz CT molecular complexity index is 1020. The third kappa shape index (κ3) is 3.40. The lowest BCUT2D eigenvalue weighted by Gasteiger charge is -2.37. The molecule has 0 amide bonds. The summed E-state index contributed by atoms with van der Waals surface area (Å²) in [5, 5.41) is 0.442. The van der Waals surface area contributed by atoms with Gasteiger partial charge in [0.05, 0.1) is 28.8 Å². The highest BCUT2D eigenvalue weighted by atomic mass is 35.5. The molecule has 3 aromatic rings. The molecule has 1 saturated heterocycles. The summed E-state index contributed by atoms with van der Waals surface area (Å²) >= 11 is 5.85. The van der Waals surface area contributed by atoms with Crippen molar-refractivity contribution in [2.45, 2.75) is 24.9 Å². The summed E-state index contributed by atoms with van der Waals surface area (Å²) in [7, 11) is 0. The Morgan fingerprint density at radius 3 is 2.71 bits per heavy atom. The number of fused-ring (bicyclic) bond motifs is 1. The number of imidazole rings is 1. The molecule has 2 aromatic heterocycles. The van der Waals surface area contributed by atoms with Gasteiger partial charge in [-0.25, -0.2) is 22.5 Å². The standard InChI is InChI=1S/C18H16ClF4N5/c19-10-1-2-12(25-7-10)8-28-16-13(21)5-11(20)6-14(16)26-17(28)27-4-3-18(22,23)15(24)9-27/h1-2,5-7,15H,3-4,8-9,24H2. The number of benzene rings is 1. The van der Waals surface area contributed by atoms with Gasteiger partial charge in [0.15, 0.2) is 5.82 Å². The van der Waals surface area contributed by atoms with Gasteiger partial charge in [-0.05, 0) is 12.1 Å². The molecule has 0 radical (unpaired) electrons. The minimum atomic E-state index is -2.98. The summed E-state index contributed by atoms with van der Waals surface area (Å²) in [5.74, 6) is -4.31. The molecular weight excluding hydrogens is 398 g/mol. The molecule has 5 nitrogen and oxygen atoms in total. The van der Waals surface area contributed by atoms with Crippen LogP contribution in [0.15, 0.2) is 30.5 Å². The molecule has 1 atom stereocenters. The van der Waals surface area contributed by atoms with Crippen LogP contribution >= 0.6 is 11.6 Å². The molecule has 1 unspecified atom stereocenters. The van der Waals surface area contributed by atoms with Crippen LogP contribution in [-0.2, 0) is 6.54 Å². The van der Waals surface area contributed by atoms with Gasteiger partial charge in [-0.1, -0.05) is 11.6 Å². The largest absolute Gasteiger partial charge is 0.340 e. The predicted octanol–water partition coefficient (Wildman–Crippen LogP) is 3.58. The van der Waals surface area contributed by atoms with E-state index in [1.807, 2.05) is 0 Å². The van der Waals surface area contributed by atoms with Crippen molar-refractivity contribution in [2.24, 2.45) is 5.73 Å². The number of piperidine rings is 1. The summed E-state index contributed by atoms with van der Waals surface area (Å²) in [6.07, 6.45) is 0.997. The van der Waals surface area contributed by atoms with Crippen molar-refractivity contribution in [1.82, 2.24) is 14.5 Å². The third-order valence-corrected chi connectivity index (χ3v) is 5.03. The number of halogens is 5. The molecule has 2 N–H and O–H groups in total. The monoisotopic (exact) mass is 413 g/mol. The van der Waals surface area contributed by atoms with Gasteiger partial charge in [0.25, 0.3) is 5.92 Å². The number of aromatic nitrogens is 3. The molecule has 1 aliphatic rings. The lowest BCUT2D eigenvalue weighted by molar-refractivity contribution is -0.0395. The maximum Gasteiger partial charge on any atom is 0.266 e. The first-order valence-electron chi connectivity index (χ1n) is 8.58. The Morgan fingerprint density at radius 2 is 2.04 bits per heavy atom. The van der Waals surface area contributed by atoms with Crippen LogP contribution in [0.25, 0.3) is 11.0 Å². The number of nitrogens with zero attached hydrogens (tertiary/aromatic N) is 4.